The SMILES string of the molecule is Cc1ccc2c(c1)N(c1c(C)cccc1C)c1ccccc1B2c1ccccc1. The van der Waals surface area contributed by atoms with Gasteiger partial charge in [0.25, 0.3) is 0 Å². The Hall–Kier alpha value is -3.26. The van der Waals surface area contributed by atoms with Gasteiger partial charge in [-0.05, 0) is 60.5 Å². The Bertz CT molecular complexity index is 1180. The smallest absolute Gasteiger partial charge is 0.246 e. The molecule has 0 N–H and O–H groups in total. The van der Waals surface area contributed by atoms with E-state index in [9.17, 15) is 0 Å². The number of para-hydroxylation sites is 2. The number of anilines is 3. The maximum absolute atomic E-state index is 2.47. The van der Waals surface area contributed by atoms with Crippen molar-refractivity contribution in [3.8, 4) is 0 Å². The summed E-state index contributed by atoms with van der Waals surface area (Å²) >= 11 is 0. The third kappa shape index (κ3) is 2.87. The fraction of sp³-hybridized carbons (Fsp3) is 0.111. The van der Waals surface area contributed by atoms with E-state index in [-0.39, 0.29) is 6.71 Å². The van der Waals surface area contributed by atoms with Crippen molar-refractivity contribution < 1.29 is 0 Å². The topological polar surface area (TPSA) is 3.24 Å². The first-order valence-electron chi connectivity index (χ1n) is 10.3. The molecule has 0 atom stereocenters. The number of fused-ring (bicyclic) bond motifs is 2. The van der Waals surface area contributed by atoms with Crippen molar-refractivity contribution in [2.75, 3.05) is 4.90 Å². The van der Waals surface area contributed by atoms with Crippen LogP contribution in [0.2, 0.25) is 0 Å². The Kier molecular flexibility index (Phi) is 4.28. The van der Waals surface area contributed by atoms with E-state index < -0.39 is 0 Å². The quantitative estimate of drug-likeness (QED) is 0.398. The summed E-state index contributed by atoms with van der Waals surface area (Å²) in [5.74, 6) is 0. The monoisotopic (exact) mass is 373 g/mol. The summed E-state index contributed by atoms with van der Waals surface area (Å²) < 4.78 is 0. The summed E-state index contributed by atoms with van der Waals surface area (Å²) in [5.41, 5.74) is 11.8. The van der Waals surface area contributed by atoms with Crippen LogP contribution in [-0.2, 0) is 0 Å². The third-order valence-corrected chi connectivity index (χ3v) is 6.02. The molecule has 140 valence electrons. The van der Waals surface area contributed by atoms with Crippen molar-refractivity contribution >= 4 is 40.2 Å². The molecule has 5 rings (SSSR count). The van der Waals surface area contributed by atoms with Crippen LogP contribution in [0.4, 0.5) is 17.1 Å². The average Bonchev–Trinajstić information content (AvgIpc) is 2.74. The highest BCUT2D eigenvalue weighted by Crippen LogP contribution is 2.39. The Morgan fingerprint density at radius 1 is 0.586 bits per heavy atom. The van der Waals surface area contributed by atoms with Crippen LogP contribution in [0.1, 0.15) is 16.7 Å². The molecule has 0 amide bonds. The number of hydrogen-bond acceptors (Lipinski definition) is 1. The second-order valence-corrected chi connectivity index (χ2v) is 8.04. The van der Waals surface area contributed by atoms with Crippen molar-refractivity contribution in [1.29, 1.82) is 0 Å². The molecular formula is C27H24BN. The van der Waals surface area contributed by atoms with Gasteiger partial charge in [-0.3, -0.25) is 0 Å². The average molecular weight is 373 g/mol. The van der Waals surface area contributed by atoms with E-state index in [1.165, 1.54) is 50.1 Å². The highest BCUT2D eigenvalue weighted by molar-refractivity contribution is 6.98. The Labute approximate surface area is 173 Å². The highest BCUT2D eigenvalue weighted by Gasteiger charge is 2.35. The zero-order valence-electron chi connectivity index (χ0n) is 17.2. The van der Waals surface area contributed by atoms with Crippen molar-refractivity contribution in [2.24, 2.45) is 0 Å². The lowest BCUT2D eigenvalue weighted by molar-refractivity contribution is 1.22. The molecule has 0 saturated carbocycles. The predicted molar refractivity (Wildman–Crippen MR) is 126 cm³/mol. The molecular weight excluding hydrogens is 349 g/mol. The molecule has 0 bridgehead atoms. The van der Waals surface area contributed by atoms with Crippen LogP contribution in [0.15, 0.2) is 91.0 Å². The molecule has 0 unspecified atom stereocenters. The Morgan fingerprint density at radius 2 is 1.24 bits per heavy atom. The molecule has 2 heteroatoms. The largest absolute Gasteiger partial charge is 0.311 e. The molecule has 0 fully saturated rings. The van der Waals surface area contributed by atoms with Gasteiger partial charge in [-0.2, -0.15) is 0 Å². The molecule has 29 heavy (non-hydrogen) atoms. The fourth-order valence-electron chi connectivity index (χ4n) is 4.73. The summed E-state index contributed by atoms with van der Waals surface area (Å²) in [6.45, 7) is 6.85. The Morgan fingerprint density at radius 3 is 2.00 bits per heavy atom. The molecule has 1 aliphatic heterocycles. The van der Waals surface area contributed by atoms with Gasteiger partial charge < -0.3 is 4.90 Å². The minimum Gasteiger partial charge on any atom is -0.311 e. The highest BCUT2D eigenvalue weighted by atomic mass is 15.2. The fourth-order valence-corrected chi connectivity index (χ4v) is 4.73. The molecule has 1 heterocycles. The summed E-state index contributed by atoms with van der Waals surface area (Å²) in [5, 5.41) is 0. The van der Waals surface area contributed by atoms with Gasteiger partial charge in [-0.1, -0.05) is 84.3 Å². The molecule has 1 aliphatic rings. The van der Waals surface area contributed by atoms with Crippen LogP contribution in [0, 0.1) is 20.8 Å². The van der Waals surface area contributed by atoms with Crippen LogP contribution in [0.25, 0.3) is 0 Å². The van der Waals surface area contributed by atoms with Crippen molar-refractivity contribution in [2.45, 2.75) is 20.8 Å². The van der Waals surface area contributed by atoms with E-state index in [1.54, 1.807) is 0 Å². The normalized spacial score (nSPS) is 12.5. The number of hydrogen-bond donors (Lipinski definition) is 0. The predicted octanol–water partition coefficient (Wildman–Crippen LogP) is 4.91. The number of aryl methyl sites for hydroxylation is 3. The van der Waals surface area contributed by atoms with Crippen molar-refractivity contribution in [1.82, 2.24) is 0 Å². The molecule has 0 spiro atoms. The molecule has 1 nitrogen and oxygen atoms in total. The van der Waals surface area contributed by atoms with E-state index in [2.05, 4.69) is 117 Å². The Balaban J connectivity index is 1.85. The lowest BCUT2D eigenvalue weighted by atomic mass is 9.35. The van der Waals surface area contributed by atoms with Crippen LogP contribution in [0.5, 0.6) is 0 Å². The second kappa shape index (κ2) is 6.97. The zero-order chi connectivity index (χ0) is 20.0. The first kappa shape index (κ1) is 17.8. The summed E-state index contributed by atoms with van der Waals surface area (Å²) in [7, 11) is 0. The maximum Gasteiger partial charge on any atom is 0.246 e. The first-order valence-corrected chi connectivity index (χ1v) is 10.3. The van der Waals surface area contributed by atoms with E-state index in [0.717, 1.165) is 0 Å². The van der Waals surface area contributed by atoms with E-state index in [4.69, 9.17) is 0 Å². The van der Waals surface area contributed by atoms with Gasteiger partial charge in [0, 0.05) is 11.4 Å². The van der Waals surface area contributed by atoms with Gasteiger partial charge in [-0.25, -0.2) is 0 Å². The van der Waals surface area contributed by atoms with E-state index >= 15 is 0 Å². The number of benzene rings is 4. The van der Waals surface area contributed by atoms with Gasteiger partial charge in [0.2, 0.25) is 6.71 Å². The molecule has 0 aromatic heterocycles. The van der Waals surface area contributed by atoms with Gasteiger partial charge in [0.15, 0.2) is 0 Å². The zero-order valence-corrected chi connectivity index (χ0v) is 17.2. The molecule has 0 aliphatic carbocycles. The van der Waals surface area contributed by atoms with E-state index in [0.29, 0.717) is 0 Å². The van der Waals surface area contributed by atoms with Gasteiger partial charge in [-0.15, -0.1) is 0 Å². The van der Waals surface area contributed by atoms with Crippen molar-refractivity contribution in [3.63, 3.8) is 0 Å². The van der Waals surface area contributed by atoms with Gasteiger partial charge in [0.1, 0.15) is 0 Å². The van der Waals surface area contributed by atoms with Crippen LogP contribution in [-0.4, -0.2) is 6.71 Å². The number of nitrogens with zero attached hydrogens (tertiary/aromatic N) is 1. The molecule has 0 saturated heterocycles. The van der Waals surface area contributed by atoms with Gasteiger partial charge in [0.05, 0.1) is 5.69 Å². The second-order valence-electron chi connectivity index (χ2n) is 8.04. The lowest BCUT2D eigenvalue weighted by Gasteiger charge is -2.38. The summed E-state index contributed by atoms with van der Waals surface area (Å²) in [4.78, 5) is 2.47. The third-order valence-electron chi connectivity index (χ3n) is 6.02. The minimum atomic E-state index is 0.239. The molecule has 4 aromatic carbocycles. The number of rotatable bonds is 2. The van der Waals surface area contributed by atoms with Crippen molar-refractivity contribution in [3.05, 3.63) is 108 Å². The van der Waals surface area contributed by atoms with Crippen LogP contribution >= 0.6 is 0 Å². The lowest BCUT2D eigenvalue weighted by Crippen LogP contribution is -2.57. The maximum atomic E-state index is 2.47. The summed E-state index contributed by atoms with van der Waals surface area (Å²) in [6.07, 6.45) is 0. The first-order chi connectivity index (χ1) is 14.1. The summed E-state index contributed by atoms with van der Waals surface area (Å²) in [6, 6.07) is 33.2. The molecule has 4 aromatic rings. The van der Waals surface area contributed by atoms with E-state index in [1.807, 2.05) is 0 Å². The van der Waals surface area contributed by atoms with Gasteiger partial charge >= 0.3 is 0 Å². The van der Waals surface area contributed by atoms with Crippen LogP contribution in [0.3, 0.4) is 0 Å². The molecule has 0 radical (unpaired) electrons. The standard InChI is InChI=1S/C27H24BN/c1-19-16-17-24-26(18-19)29(27-20(2)10-9-11-21(27)3)25-15-8-7-14-23(25)28(24)22-12-5-4-6-13-22/h4-18H,1-3H3. The minimum absolute atomic E-state index is 0.239. The van der Waals surface area contributed by atoms with Crippen LogP contribution < -0.4 is 21.3 Å².